The number of imidazole rings is 1. The first kappa shape index (κ1) is 16.9. The number of carbonyl (C=O) groups is 1. The van der Waals surface area contributed by atoms with Crippen LogP contribution in [0.25, 0.3) is 27.7 Å². The van der Waals surface area contributed by atoms with Crippen LogP contribution in [0, 0.1) is 0 Å². The van der Waals surface area contributed by atoms with Crippen LogP contribution < -0.4 is 10.2 Å². The fourth-order valence-electron chi connectivity index (χ4n) is 4.36. The zero-order valence-corrected chi connectivity index (χ0v) is 15.8. The maximum absolute atomic E-state index is 12.0. The van der Waals surface area contributed by atoms with Gasteiger partial charge in [-0.3, -0.25) is 4.40 Å². The second-order valence-electron chi connectivity index (χ2n) is 7.56. The van der Waals surface area contributed by atoms with Crippen molar-refractivity contribution >= 4 is 39.4 Å². The minimum absolute atomic E-state index is 0.189. The number of fused-ring (bicyclic) bond motifs is 5. The molecule has 0 aliphatic carbocycles. The van der Waals surface area contributed by atoms with E-state index in [4.69, 9.17) is 0 Å². The number of rotatable bonds is 2. The van der Waals surface area contributed by atoms with Crippen LogP contribution in [0.1, 0.15) is 24.2 Å². The van der Waals surface area contributed by atoms with Crippen LogP contribution in [-0.2, 0) is 0 Å². The van der Waals surface area contributed by atoms with Crippen LogP contribution in [0.2, 0.25) is 0 Å². The van der Waals surface area contributed by atoms with Gasteiger partial charge in [0.1, 0.15) is 11.2 Å². The molecule has 3 aromatic heterocycles. The number of hydrogen-bond donors (Lipinski definition) is 2. The Bertz CT molecular complexity index is 1220. The monoisotopic (exact) mass is 375 g/mol. The molecule has 7 heteroatoms. The standard InChI is InChI=1S/C21H21N5O2/c1-12-10-25(11-13(2)23-12)17-7-8-22-19-14(17)9-15(21(27)28)20-24-16-5-3-4-6-18(16)26(19)20/h3-9,12-13,23H,10-11H2,1-2H3,(H,27,28). The summed E-state index contributed by atoms with van der Waals surface area (Å²) in [7, 11) is 0. The molecule has 2 unspecified atom stereocenters. The topological polar surface area (TPSA) is 82.8 Å². The van der Waals surface area contributed by atoms with Crippen molar-refractivity contribution in [3.63, 3.8) is 0 Å². The smallest absolute Gasteiger partial charge is 0.339 e. The van der Waals surface area contributed by atoms with E-state index in [1.165, 1.54) is 0 Å². The molecule has 2 atom stereocenters. The van der Waals surface area contributed by atoms with E-state index in [0.29, 0.717) is 17.7 Å². The van der Waals surface area contributed by atoms with Gasteiger partial charge >= 0.3 is 5.97 Å². The fraction of sp³-hybridized carbons (Fsp3) is 0.286. The predicted octanol–water partition coefficient (Wildman–Crippen LogP) is 2.92. The molecule has 1 saturated heterocycles. The average molecular weight is 375 g/mol. The third kappa shape index (κ3) is 2.51. The summed E-state index contributed by atoms with van der Waals surface area (Å²) in [5.41, 5.74) is 3.96. The number of aromatic nitrogens is 3. The van der Waals surface area contributed by atoms with Gasteiger partial charge in [0.05, 0.1) is 11.0 Å². The van der Waals surface area contributed by atoms with Gasteiger partial charge in [-0.05, 0) is 38.1 Å². The number of piperazine rings is 1. The lowest BCUT2D eigenvalue weighted by molar-refractivity contribution is 0.0698. The van der Waals surface area contributed by atoms with Gasteiger partial charge in [0, 0.05) is 42.4 Å². The lowest BCUT2D eigenvalue weighted by Gasteiger charge is -2.38. The molecule has 2 N–H and O–H groups in total. The highest BCUT2D eigenvalue weighted by Crippen LogP contribution is 2.31. The summed E-state index contributed by atoms with van der Waals surface area (Å²) >= 11 is 0. The molecule has 1 aliphatic heterocycles. The SMILES string of the molecule is CC1CN(c2ccnc3c2cc(C(=O)O)c2nc4ccccc4n23)CC(C)N1. The Morgan fingerprint density at radius 2 is 1.89 bits per heavy atom. The van der Waals surface area contributed by atoms with Crippen LogP contribution in [0.4, 0.5) is 5.69 Å². The summed E-state index contributed by atoms with van der Waals surface area (Å²) in [5.74, 6) is -0.987. The van der Waals surface area contributed by atoms with E-state index in [9.17, 15) is 9.90 Å². The van der Waals surface area contributed by atoms with Gasteiger partial charge in [0.25, 0.3) is 0 Å². The summed E-state index contributed by atoms with van der Waals surface area (Å²) in [5, 5.41) is 14.2. The van der Waals surface area contributed by atoms with Crippen molar-refractivity contribution in [2.24, 2.45) is 0 Å². The van der Waals surface area contributed by atoms with Crippen molar-refractivity contribution in [3.8, 4) is 0 Å². The Morgan fingerprint density at radius 3 is 2.64 bits per heavy atom. The van der Waals surface area contributed by atoms with Crippen molar-refractivity contribution in [2.75, 3.05) is 18.0 Å². The molecule has 142 valence electrons. The molecule has 28 heavy (non-hydrogen) atoms. The van der Waals surface area contributed by atoms with Crippen molar-refractivity contribution in [1.82, 2.24) is 19.7 Å². The number of hydrogen-bond acceptors (Lipinski definition) is 5. The largest absolute Gasteiger partial charge is 0.478 e. The molecule has 4 heterocycles. The quantitative estimate of drug-likeness (QED) is 0.561. The molecule has 1 aliphatic rings. The Kier molecular flexibility index (Phi) is 3.73. The van der Waals surface area contributed by atoms with Gasteiger partial charge in [-0.15, -0.1) is 0 Å². The van der Waals surface area contributed by atoms with Crippen LogP contribution in [0.3, 0.4) is 0 Å². The summed E-state index contributed by atoms with van der Waals surface area (Å²) in [6.07, 6.45) is 1.80. The Morgan fingerprint density at radius 1 is 1.14 bits per heavy atom. The van der Waals surface area contributed by atoms with E-state index in [0.717, 1.165) is 40.8 Å². The highest BCUT2D eigenvalue weighted by atomic mass is 16.4. The predicted molar refractivity (Wildman–Crippen MR) is 109 cm³/mol. The molecular weight excluding hydrogens is 354 g/mol. The van der Waals surface area contributed by atoms with Gasteiger partial charge in [0.15, 0.2) is 5.65 Å². The lowest BCUT2D eigenvalue weighted by Crippen LogP contribution is -2.54. The van der Waals surface area contributed by atoms with E-state index in [2.05, 4.69) is 34.0 Å². The van der Waals surface area contributed by atoms with Crippen LogP contribution in [0.5, 0.6) is 0 Å². The van der Waals surface area contributed by atoms with Gasteiger partial charge in [-0.2, -0.15) is 0 Å². The molecule has 7 nitrogen and oxygen atoms in total. The number of aromatic carboxylic acids is 1. The molecule has 0 spiro atoms. The number of carboxylic acid groups (broad SMARTS) is 1. The molecule has 0 radical (unpaired) electrons. The maximum Gasteiger partial charge on any atom is 0.339 e. The van der Waals surface area contributed by atoms with Crippen LogP contribution in [-0.4, -0.2) is 50.6 Å². The number of pyridine rings is 2. The third-order valence-electron chi connectivity index (χ3n) is 5.38. The van der Waals surface area contributed by atoms with E-state index in [1.807, 2.05) is 34.7 Å². The molecule has 0 saturated carbocycles. The minimum Gasteiger partial charge on any atom is -0.478 e. The van der Waals surface area contributed by atoms with Gasteiger partial charge in [-0.1, -0.05) is 12.1 Å². The summed E-state index contributed by atoms with van der Waals surface area (Å²) in [6, 6.07) is 12.1. The molecule has 1 aromatic carbocycles. The highest BCUT2D eigenvalue weighted by Gasteiger charge is 2.25. The summed E-state index contributed by atoms with van der Waals surface area (Å²) in [6.45, 7) is 6.04. The molecule has 1 fully saturated rings. The molecular formula is C21H21N5O2. The number of anilines is 1. The molecule has 0 bridgehead atoms. The van der Waals surface area contributed by atoms with Crippen molar-refractivity contribution in [1.29, 1.82) is 0 Å². The normalized spacial score (nSPS) is 20.3. The van der Waals surface area contributed by atoms with E-state index in [-0.39, 0.29) is 5.56 Å². The Hall–Kier alpha value is -3.19. The zero-order valence-electron chi connectivity index (χ0n) is 15.8. The van der Waals surface area contributed by atoms with Crippen molar-refractivity contribution in [3.05, 3.63) is 48.2 Å². The molecule has 4 aromatic rings. The lowest BCUT2D eigenvalue weighted by atomic mass is 10.1. The number of nitrogens with one attached hydrogen (secondary N) is 1. The second-order valence-corrected chi connectivity index (χ2v) is 7.56. The summed E-state index contributed by atoms with van der Waals surface area (Å²) < 4.78 is 1.87. The second kappa shape index (κ2) is 6.17. The van der Waals surface area contributed by atoms with E-state index in [1.54, 1.807) is 12.3 Å². The van der Waals surface area contributed by atoms with Crippen molar-refractivity contribution < 1.29 is 9.90 Å². The number of carboxylic acids is 1. The van der Waals surface area contributed by atoms with E-state index >= 15 is 0 Å². The third-order valence-corrected chi connectivity index (χ3v) is 5.38. The first-order chi connectivity index (χ1) is 13.5. The van der Waals surface area contributed by atoms with Gasteiger partial charge in [0.2, 0.25) is 0 Å². The Balaban J connectivity index is 1.86. The number of para-hydroxylation sites is 2. The number of nitrogens with zero attached hydrogens (tertiary/aromatic N) is 4. The summed E-state index contributed by atoms with van der Waals surface area (Å²) in [4.78, 5) is 23.5. The fourth-order valence-corrected chi connectivity index (χ4v) is 4.36. The zero-order chi connectivity index (χ0) is 19.4. The maximum atomic E-state index is 12.0. The van der Waals surface area contributed by atoms with Crippen LogP contribution in [0.15, 0.2) is 42.6 Å². The van der Waals surface area contributed by atoms with Gasteiger partial charge in [-0.25, -0.2) is 14.8 Å². The molecule has 0 amide bonds. The van der Waals surface area contributed by atoms with Crippen LogP contribution >= 0.6 is 0 Å². The number of benzene rings is 1. The average Bonchev–Trinajstić information content (AvgIpc) is 3.05. The van der Waals surface area contributed by atoms with Gasteiger partial charge < -0.3 is 15.3 Å². The highest BCUT2D eigenvalue weighted by molar-refractivity contribution is 6.05. The Labute approximate surface area is 161 Å². The van der Waals surface area contributed by atoms with Crippen molar-refractivity contribution in [2.45, 2.75) is 25.9 Å². The first-order valence-corrected chi connectivity index (χ1v) is 9.46. The first-order valence-electron chi connectivity index (χ1n) is 9.46. The molecule has 5 rings (SSSR count). The minimum atomic E-state index is -0.987. The van der Waals surface area contributed by atoms with E-state index < -0.39 is 5.97 Å².